The molecule has 0 nitrogen and oxygen atoms in total. The van der Waals surface area contributed by atoms with E-state index in [-0.39, 0.29) is 0 Å². The molecule has 0 aliphatic heterocycles. The van der Waals surface area contributed by atoms with Gasteiger partial charge in [-0.25, -0.2) is 0 Å². The average Bonchev–Trinajstić information content (AvgIpc) is 2.93. The molecule has 2 saturated carbocycles. The predicted molar refractivity (Wildman–Crippen MR) is 76.2 cm³/mol. The quantitative estimate of drug-likeness (QED) is 0.424. The molecule has 2 fully saturated rings. The van der Waals surface area contributed by atoms with Gasteiger partial charge in [0.2, 0.25) is 0 Å². The molecule has 2 aliphatic carbocycles. The summed E-state index contributed by atoms with van der Waals surface area (Å²) in [5.41, 5.74) is 0.854. The first-order valence-corrected chi connectivity index (χ1v) is 8.35. The molecule has 0 atom stereocenters. The Morgan fingerprint density at radius 2 is 1.41 bits per heavy atom. The highest BCUT2D eigenvalue weighted by Gasteiger charge is 2.43. The summed E-state index contributed by atoms with van der Waals surface area (Å²) in [4.78, 5) is 0. The van der Waals surface area contributed by atoms with Crippen molar-refractivity contribution in [2.24, 2.45) is 11.3 Å². The highest BCUT2D eigenvalue weighted by atomic mass is 14.5. The molecule has 0 unspecified atom stereocenters. The van der Waals surface area contributed by atoms with Crippen LogP contribution in [-0.2, 0) is 0 Å². The molecule has 0 amide bonds. The van der Waals surface area contributed by atoms with E-state index in [1.54, 1.807) is 38.5 Å². The topological polar surface area (TPSA) is 0 Å². The SMILES string of the molecule is CCCCCCCCCCC12CCC(CC1)C2. The first-order valence-electron chi connectivity index (χ1n) is 8.35. The third kappa shape index (κ3) is 4.00. The van der Waals surface area contributed by atoms with Gasteiger partial charge in [0.15, 0.2) is 0 Å². The second kappa shape index (κ2) is 6.81. The van der Waals surface area contributed by atoms with Crippen molar-refractivity contribution in [2.75, 3.05) is 0 Å². The van der Waals surface area contributed by atoms with Gasteiger partial charge in [-0.2, -0.15) is 0 Å². The fourth-order valence-corrected chi connectivity index (χ4v) is 4.30. The number of rotatable bonds is 9. The van der Waals surface area contributed by atoms with Gasteiger partial charge in [-0.3, -0.25) is 0 Å². The van der Waals surface area contributed by atoms with Gasteiger partial charge in [-0.1, -0.05) is 58.3 Å². The lowest BCUT2D eigenvalue weighted by atomic mass is 9.79. The number of fused-ring (bicyclic) bond motifs is 2. The summed E-state index contributed by atoms with van der Waals surface area (Å²) in [7, 11) is 0. The highest BCUT2D eigenvalue weighted by molar-refractivity contribution is 4.95. The van der Waals surface area contributed by atoms with Crippen LogP contribution < -0.4 is 0 Å². The van der Waals surface area contributed by atoms with E-state index in [2.05, 4.69) is 6.92 Å². The van der Waals surface area contributed by atoms with Crippen molar-refractivity contribution in [3.8, 4) is 0 Å². The molecule has 100 valence electrons. The molecular weight excluding hydrogens is 204 g/mol. The van der Waals surface area contributed by atoms with Crippen LogP contribution in [-0.4, -0.2) is 0 Å². The Morgan fingerprint density at radius 3 is 1.94 bits per heavy atom. The summed E-state index contributed by atoms with van der Waals surface area (Å²) in [6.07, 6.45) is 21.3. The van der Waals surface area contributed by atoms with Crippen molar-refractivity contribution in [2.45, 2.75) is 96.8 Å². The molecular formula is C17H32. The molecule has 2 aliphatic rings. The molecule has 0 heterocycles. The maximum absolute atomic E-state index is 2.30. The Kier molecular flexibility index (Phi) is 5.38. The smallest absolute Gasteiger partial charge is 0.0295 e. The molecule has 2 rings (SSSR count). The van der Waals surface area contributed by atoms with E-state index in [1.807, 2.05) is 0 Å². The van der Waals surface area contributed by atoms with Crippen molar-refractivity contribution >= 4 is 0 Å². The van der Waals surface area contributed by atoms with Gasteiger partial charge in [-0.05, 0) is 49.9 Å². The Hall–Kier alpha value is 0. The monoisotopic (exact) mass is 236 g/mol. The third-order valence-electron chi connectivity index (χ3n) is 5.45. The van der Waals surface area contributed by atoms with Crippen molar-refractivity contribution < 1.29 is 0 Å². The summed E-state index contributed by atoms with van der Waals surface area (Å²) < 4.78 is 0. The first-order chi connectivity index (χ1) is 8.35. The molecule has 0 spiro atoms. The first kappa shape index (κ1) is 13.4. The zero-order valence-electron chi connectivity index (χ0n) is 12.0. The molecule has 0 radical (unpaired) electrons. The highest BCUT2D eigenvalue weighted by Crippen LogP contribution is 2.56. The summed E-state index contributed by atoms with van der Waals surface area (Å²) in [6.45, 7) is 2.30. The van der Waals surface area contributed by atoms with Crippen LogP contribution in [0.4, 0.5) is 0 Å². The molecule has 17 heavy (non-hydrogen) atoms. The molecule has 0 N–H and O–H groups in total. The summed E-state index contributed by atoms with van der Waals surface area (Å²) in [6, 6.07) is 0. The van der Waals surface area contributed by atoms with Gasteiger partial charge in [0.25, 0.3) is 0 Å². The van der Waals surface area contributed by atoms with E-state index in [4.69, 9.17) is 0 Å². The minimum absolute atomic E-state index is 0.854. The molecule has 0 aromatic carbocycles. The van der Waals surface area contributed by atoms with Crippen LogP contribution >= 0.6 is 0 Å². The largest absolute Gasteiger partial charge is 0.0654 e. The van der Waals surface area contributed by atoms with Crippen molar-refractivity contribution in [1.29, 1.82) is 0 Å². The predicted octanol–water partition coefficient (Wildman–Crippen LogP) is 6.10. The van der Waals surface area contributed by atoms with Gasteiger partial charge in [0, 0.05) is 0 Å². The van der Waals surface area contributed by atoms with Crippen LogP contribution in [0.5, 0.6) is 0 Å². The van der Waals surface area contributed by atoms with Crippen molar-refractivity contribution in [1.82, 2.24) is 0 Å². The lowest BCUT2D eigenvalue weighted by molar-refractivity contribution is 0.260. The normalized spacial score (nSPS) is 31.2. The van der Waals surface area contributed by atoms with Gasteiger partial charge < -0.3 is 0 Å². The van der Waals surface area contributed by atoms with Crippen molar-refractivity contribution in [3.63, 3.8) is 0 Å². The molecule has 0 heteroatoms. The Morgan fingerprint density at radius 1 is 0.824 bits per heavy atom. The van der Waals surface area contributed by atoms with E-state index in [9.17, 15) is 0 Å². The summed E-state index contributed by atoms with van der Waals surface area (Å²) >= 11 is 0. The molecule has 0 saturated heterocycles. The van der Waals surface area contributed by atoms with Crippen LogP contribution in [0.2, 0.25) is 0 Å². The van der Waals surface area contributed by atoms with Crippen LogP contribution in [0.15, 0.2) is 0 Å². The lowest BCUT2D eigenvalue weighted by Gasteiger charge is -2.26. The van der Waals surface area contributed by atoms with Crippen LogP contribution in [0.25, 0.3) is 0 Å². The van der Waals surface area contributed by atoms with E-state index in [0.29, 0.717) is 0 Å². The van der Waals surface area contributed by atoms with Crippen LogP contribution in [0.3, 0.4) is 0 Å². The second-order valence-electron chi connectivity index (χ2n) is 6.87. The maximum atomic E-state index is 2.30. The zero-order chi connectivity index (χ0) is 12.0. The van der Waals surface area contributed by atoms with E-state index < -0.39 is 0 Å². The van der Waals surface area contributed by atoms with E-state index in [0.717, 1.165) is 11.3 Å². The minimum atomic E-state index is 0.854. The van der Waals surface area contributed by atoms with Gasteiger partial charge >= 0.3 is 0 Å². The Bertz CT molecular complexity index is 198. The molecule has 0 aromatic heterocycles. The fourth-order valence-electron chi connectivity index (χ4n) is 4.30. The minimum Gasteiger partial charge on any atom is -0.0654 e. The fraction of sp³-hybridized carbons (Fsp3) is 1.00. The second-order valence-corrected chi connectivity index (χ2v) is 6.87. The Labute approximate surface area is 109 Å². The standard InChI is InChI=1S/C17H32/c1-2-3-4-5-6-7-8-9-12-17-13-10-16(15-17)11-14-17/h16H,2-15H2,1H3. The van der Waals surface area contributed by atoms with Gasteiger partial charge in [0.1, 0.15) is 0 Å². The number of unbranched alkanes of at least 4 members (excludes halogenated alkanes) is 7. The number of hydrogen-bond donors (Lipinski definition) is 0. The maximum Gasteiger partial charge on any atom is -0.0295 e. The third-order valence-corrected chi connectivity index (χ3v) is 5.45. The number of hydrogen-bond acceptors (Lipinski definition) is 0. The summed E-state index contributed by atoms with van der Waals surface area (Å²) in [5, 5.41) is 0. The van der Waals surface area contributed by atoms with Crippen LogP contribution in [0.1, 0.15) is 96.8 Å². The zero-order valence-corrected chi connectivity index (χ0v) is 12.0. The van der Waals surface area contributed by atoms with Crippen molar-refractivity contribution in [3.05, 3.63) is 0 Å². The molecule has 2 bridgehead atoms. The van der Waals surface area contributed by atoms with E-state index >= 15 is 0 Å². The average molecular weight is 236 g/mol. The summed E-state index contributed by atoms with van der Waals surface area (Å²) in [5.74, 6) is 1.14. The lowest BCUT2D eigenvalue weighted by Crippen LogP contribution is -2.13. The van der Waals surface area contributed by atoms with Gasteiger partial charge in [-0.15, -0.1) is 0 Å². The van der Waals surface area contributed by atoms with Gasteiger partial charge in [0.05, 0.1) is 0 Å². The van der Waals surface area contributed by atoms with Crippen LogP contribution in [0, 0.1) is 11.3 Å². The Balaban J connectivity index is 1.44. The van der Waals surface area contributed by atoms with E-state index in [1.165, 1.54) is 51.4 Å². The molecule has 0 aromatic rings.